The van der Waals surface area contributed by atoms with Crippen LogP contribution in [0.25, 0.3) is 5.69 Å². The van der Waals surface area contributed by atoms with Gasteiger partial charge in [0.1, 0.15) is 5.82 Å². The predicted molar refractivity (Wildman–Crippen MR) is 103 cm³/mol. The Hall–Kier alpha value is -2.74. The SMILES string of the molecule is Cc1nc(C(=O)NC2(CC(=O)O)CCOCC2)nn1-c1ccccc1C(C)C. The van der Waals surface area contributed by atoms with E-state index in [1.807, 2.05) is 24.3 Å². The van der Waals surface area contributed by atoms with Crippen molar-refractivity contribution in [2.24, 2.45) is 0 Å². The summed E-state index contributed by atoms with van der Waals surface area (Å²) in [5, 5.41) is 16.6. The number of aromatic nitrogens is 3. The molecule has 0 atom stereocenters. The quantitative estimate of drug-likeness (QED) is 0.790. The number of carbonyl (C=O) groups is 2. The van der Waals surface area contributed by atoms with Crippen molar-refractivity contribution in [2.45, 2.75) is 51.5 Å². The highest BCUT2D eigenvalue weighted by atomic mass is 16.5. The maximum Gasteiger partial charge on any atom is 0.305 e. The fourth-order valence-electron chi connectivity index (χ4n) is 3.58. The van der Waals surface area contributed by atoms with Crippen LogP contribution in [0.15, 0.2) is 24.3 Å². The number of rotatable bonds is 6. The number of hydrogen-bond acceptors (Lipinski definition) is 5. The van der Waals surface area contributed by atoms with Gasteiger partial charge >= 0.3 is 5.97 Å². The first-order valence-electron chi connectivity index (χ1n) is 9.46. The molecule has 8 nitrogen and oxygen atoms in total. The first kappa shape index (κ1) is 20.0. The third-order valence-electron chi connectivity index (χ3n) is 5.08. The minimum Gasteiger partial charge on any atom is -0.481 e. The lowest BCUT2D eigenvalue weighted by atomic mass is 9.86. The van der Waals surface area contributed by atoms with E-state index >= 15 is 0 Å². The van der Waals surface area contributed by atoms with Gasteiger partial charge in [0.25, 0.3) is 5.91 Å². The van der Waals surface area contributed by atoms with Crippen LogP contribution in [0.5, 0.6) is 0 Å². The molecule has 2 aromatic rings. The zero-order valence-corrected chi connectivity index (χ0v) is 16.4. The van der Waals surface area contributed by atoms with Crippen LogP contribution in [0, 0.1) is 6.92 Å². The van der Waals surface area contributed by atoms with Gasteiger partial charge in [0.15, 0.2) is 0 Å². The average Bonchev–Trinajstić information content (AvgIpc) is 3.03. The first-order valence-corrected chi connectivity index (χ1v) is 9.46. The van der Waals surface area contributed by atoms with Crippen molar-refractivity contribution in [2.75, 3.05) is 13.2 Å². The lowest BCUT2D eigenvalue weighted by molar-refractivity contribution is -0.139. The van der Waals surface area contributed by atoms with Crippen molar-refractivity contribution in [3.05, 3.63) is 41.5 Å². The minimum absolute atomic E-state index is 0.0346. The molecule has 150 valence electrons. The van der Waals surface area contributed by atoms with E-state index in [2.05, 4.69) is 29.2 Å². The van der Waals surface area contributed by atoms with Gasteiger partial charge in [-0.1, -0.05) is 32.0 Å². The van der Waals surface area contributed by atoms with Gasteiger partial charge in [-0.25, -0.2) is 9.67 Å². The van der Waals surface area contributed by atoms with E-state index in [-0.39, 0.29) is 18.2 Å². The predicted octanol–water partition coefficient (Wildman–Crippen LogP) is 2.45. The van der Waals surface area contributed by atoms with Crippen LogP contribution in [-0.4, -0.2) is 50.5 Å². The number of ether oxygens (including phenoxy) is 1. The molecule has 3 rings (SSSR count). The van der Waals surface area contributed by atoms with Crippen LogP contribution in [-0.2, 0) is 9.53 Å². The molecule has 0 aliphatic carbocycles. The number of aryl methyl sites for hydroxylation is 1. The van der Waals surface area contributed by atoms with Crippen molar-refractivity contribution in [3.63, 3.8) is 0 Å². The number of benzene rings is 1. The third kappa shape index (κ3) is 4.22. The Balaban J connectivity index is 1.88. The molecule has 2 heterocycles. The van der Waals surface area contributed by atoms with E-state index in [1.54, 1.807) is 11.6 Å². The highest BCUT2D eigenvalue weighted by Crippen LogP contribution is 2.26. The molecule has 2 N–H and O–H groups in total. The second kappa shape index (κ2) is 8.10. The Labute approximate surface area is 163 Å². The molecule has 1 aromatic carbocycles. The number of amides is 1. The number of carboxylic acids is 1. The molecular weight excluding hydrogens is 360 g/mol. The molecule has 1 amide bonds. The van der Waals surface area contributed by atoms with Gasteiger partial charge in [0.2, 0.25) is 5.82 Å². The maximum absolute atomic E-state index is 12.8. The maximum atomic E-state index is 12.8. The van der Waals surface area contributed by atoms with Crippen molar-refractivity contribution < 1.29 is 19.4 Å². The number of hydrogen-bond donors (Lipinski definition) is 2. The van der Waals surface area contributed by atoms with Crippen molar-refractivity contribution in [1.82, 2.24) is 20.1 Å². The first-order chi connectivity index (χ1) is 13.3. The van der Waals surface area contributed by atoms with Gasteiger partial charge in [0.05, 0.1) is 17.6 Å². The number of nitrogens with zero attached hydrogens (tertiary/aromatic N) is 3. The summed E-state index contributed by atoms with van der Waals surface area (Å²) >= 11 is 0. The highest BCUT2D eigenvalue weighted by molar-refractivity contribution is 5.91. The van der Waals surface area contributed by atoms with Gasteiger partial charge in [-0.05, 0) is 37.3 Å². The standard InChI is InChI=1S/C20H26N4O4/c1-13(2)15-6-4-5-7-16(15)24-14(3)21-18(23-24)19(27)22-20(12-17(25)26)8-10-28-11-9-20/h4-7,13H,8-12H2,1-3H3,(H,22,27)(H,25,26). The summed E-state index contributed by atoms with van der Waals surface area (Å²) in [5.41, 5.74) is 1.15. The summed E-state index contributed by atoms with van der Waals surface area (Å²) in [6.45, 7) is 6.81. The van der Waals surface area contributed by atoms with Crippen LogP contribution in [0.4, 0.5) is 0 Å². The Morgan fingerprint density at radius 1 is 1.29 bits per heavy atom. The van der Waals surface area contributed by atoms with E-state index in [0.717, 1.165) is 11.3 Å². The zero-order chi connectivity index (χ0) is 20.3. The Bertz CT molecular complexity index is 869. The summed E-state index contributed by atoms with van der Waals surface area (Å²) in [7, 11) is 0. The Morgan fingerprint density at radius 2 is 1.96 bits per heavy atom. The smallest absolute Gasteiger partial charge is 0.305 e. The minimum atomic E-state index is -0.956. The summed E-state index contributed by atoms with van der Waals surface area (Å²) in [6, 6.07) is 7.87. The number of nitrogens with one attached hydrogen (secondary N) is 1. The molecule has 8 heteroatoms. The number of para-hydroxylation sites is 1. The summed E-state index contributed by atoms with van der Waals surface area (Å²) in [6.07, 6.45) is 0.736. The lowest BCUT2D eigenvalue weighted by Crippen LogP contribution is -2.53. The zero-order valence-electron chi connectivity index (χ0n) is 16.4. The van der Waals surface area contributed by atoms with Gasteiger partial charge in [0, 0.05) is 13.2 Å². The highest BCUT2D eigenvalue weighted by Gasteiger charge is 2.37. The Kier molecular flexibility index (Phi) is 5.79. The normalized spacial score (nSPS) is 16.1. The molecular formula is C20H26N4O4. The second-order valence-corrected chi connectivity index (χ2v) is 7.53. The van der Waals surface area contributed by atoms with Crippen LogP contribution >= 0.6 is 0 Å². The van der Waals surface area contributed by atoms with Crippen LogP contribution in [0.1, 0.15) is 61.0 Å². The number of carbonyl (C=O) groups excluding carboxylic acids is 1. The van der Waals surface area contributed by atoms with E-state index in [0.29, 0.717) is 31.9 Å². The van der Waals surface area contributed by atoms with Crippen molar-refractivity contribution in [3.8, 4) is 5.69 Å². The fraction of sp³-hybridized carbons (Fsp3) is 0.500. The molecule has 0 unspecified atom stereocenters. The van der Waals surface area contributed by atoms with Gasteiger partial charge < -0.3 is 15.2 Å². The van der Waals surface area contributed by atoms with Crippen molar-refractivity contribution in [1.29, 1.82) is 0 Å². The van der Waals surface area contributed by atoms with Crippen molar-refractivity contribution >= 4 is 11.9 Å². The second-order valence-electron chi connectivity index (χ2n) is 7.53. The molecule has 1 aliphatic rings. The van der Waals surface area contributed by atoms with E-state index in [4.69, 9.17) is 4.74 Å². The molecule has 0 saturated carbocycles. The van der Waals surface area contributed by atoms with Crippen LogP contribution in [0.3, 0.4) is 0 Å². The van der Waals surface area contributed by atoms with Gasteiger partial charge in [-0.3, -0.25) is 9.59 Å². The summed E-state index contributed by atoms with van der Waals surface area (Å²) in [5.74, 6) is -0.502. The Morgan fingerprint density at radius 3 is 2.61 bits per heavy atom. The molecule has 0 radical (unpaired) electrons. The largest absolute Gasteiger partial charge is 0.481 e. The van der Waals surface area contributed by atoms with Crippen LogP contribution < -0.4 is 5.32 Å². The summed E-state index contributed by atoms with van der Waals surface area (Å²) in [4.78, 5) is 28.5. The molecule has 1 aromatic heterocycles. The van der Waals surface area contributed by atoms with E-state index < -0.39 is 17.4 Å². The lowest BCUT2D eigenvalue weighted by Gasteiger charge is -2.36. The average molecular weight is 386 g/mol. The molecule has 1 saturated heterocycles. The third-order valence-corrected chi connectivity index (χ3v) is 5.08. The van der Waals surface area contributed by atoms with Gasteiger partial charge in [-0.15, -0.1) is 5.10 Å². The van der Waals surface area contributed by atoms with Crippen LogP contribution in [0.2, 0.25) is 0 Å². The summed E-state index contributed by atoms with van der Waals surface area (Å²) < 4.78 is 7.00. The topological polar surface area (TPSA) is 106 Å². The number of carboxylic acid groups (broad SMARTS) is 1. The van der Waals surface area contributed by atoms with E-state index in [9.17, 15) is 14.7 Å². The fourth-order valence-corrected chi connectivity index (χ4v) is 3.58. The van der Waals surface area contributed by atoms with E-state index in [1.165, 1.54) is 0 Å². The monoisotopic (exact) mass is 386 g/mol. The molecule has 1 fully saturated rings. The number of aliphatic carboxylic acids is 1. The molecule has 0 bridgehead atoms. The molecule has 0 spiro atoms. The molecule has 1 aliphatic heterocycles. The van der Waals surface area contributed by atoms with Gasteiger partial charge in [-0.2, -0.15) is 0 Å². The molecule has 28 heavy (non-hydrogen) atoms.